The predicted octanol–water partition coefficient (Wildman–Crippen LogP) is 2.29. The molecular weight excluding hydrogens is 622 g/mol. The van der Waals surface area contributed by atoms with Crippen LogP contribution in [-0.4, -0.2) is 145 Å². The Morgan fingerprint density at radius 3 is 1.42 bits per heavy atom. The van der Waals surface area contributed by atoms with Crippen LogP contribution in [0.2, 0.25) is 0 Å². The second-order valence-corrected chi connectivity index (χ2v) is 14.9. The summed E-state index contributed by atoms with van der Waals surface area (Å²) in [5, 5.41) is 14.6. The van der Waals surface area contributed by atoms with Gasteiger partial charge in [0, 0.05) is 52.2 Å². The summed E-state index contributed by atoms with van der Waals surface area (Å²) in [5.41, 5.74) is -1.87. The minimum atomic E-state index is -0.821. The normalized spacial score (nSPS) is 12.4. The maximum atomic E-state index is 12.8. The molecular formula is C34H65N5O9. The number of carboxylic acids is 1. The number of unbranched alkanes of at least 4 members (excludes halogenated alkanes) is 2. The Balaban J connectivity index is 5.33. The highest BCUT2D eigenvalue weighted by Crippen LogP contribution is 2.10. The molecule has 0 unspecified atom stereocenters. The van der Waals surface area contributed by atoms with Crippen molar-refractivity contribution in [3.8, 4) is 0 Å². The van der Waals surface area contributed by atoms with Gasteiger partial charge in [0.15, 0.2) is 0 Å². The van der Waals surface area contributed by atoms with Gasteiger partial charge in [-0.1, -0.05) is 13.3 Å². The number of aliphatic carboxylic acids is 1. The van der Waals surface area contributed by atoms with Gasteiger partial charge >= 0.3 is 23.9 Å². The molecule has 0 aromatic heterocycles. The molecule has 0 fully saturated rings. The summed E-state index contributed by atoms with van der Waals surface area (Å²) in [6.07, 6.45) is 2.14. The maximum Gasteiger partial charge on any atom is 0.320 e. The highest BCUT2D eigenvalue weighted by atomic mass is 16.6. The number of hydrogen-bond donors (Lipinski definition) is 3. The fraction of sp³-hybridized carbons (Fsp3) is 0.853. The quantitative estimate of drug-likeness (QED) is 0.0769. The van der Waals surface area contributed by atoms with Gasteiger partial charge in [0.25, 0.3) is 0 Å². The minimum Gasteiger partial charge on any atom is -0.481 e. The number of carbonyl (C=O) groups is 5. The van der Waals surface area contributed by atoms with E-state index in [1.165, 1.54) is 0 Å². The van der Waals surface area contributed by atoms with Crippen molar-refractivity contribution in [3.05, 3.63) is 0 Å². The molecule has 48 heavy (non-hydrogen) atoms. The molecule has 0 aliphatic rings. The van der Waals surface area contributed by atoms with Gasteiger partial charge in [-0.15, -0.1) is 0 Å². The van der Waals surface area contributed by atoms with E-state index in [0.29, 0.717) is 65.2 Å². The average Bonchev–Trinajstić information content (AvgIpc) is 2.89. The number of carboxylic acid groups (broad SMARTS) is 1. The summed E-state index contributed by atoms with van der Waals surface area (Å²) in [7, 11) is 0. The van der Waals surface area contributed by atoms with Crippen molar-refractivity contribution < 1.29 is 43.3 Å². The second-order valence-electron chi connectivity index (χ2n) is 14.9. The molecule has 0 spiro atoms. The summed E-state index contributed by atoms with van der Waals surface area (Å²) in [4.78, 5) is 66.7. The molecule has 0 radical (unpaired) electrons. The first kappa shape index (κ1) is 45.2. The number of nitrogens with zero attached hydrogens (tertiary/aromatic N) is 3. The molecule has 0 heterocycles. The lowest BCUT2D eigenvalue weighted by molar-refractivity contribution is -0.158. The van der Waals surface area contributed by atoms with E-state index in [1.807, 2.05) is 63.2 Å². The zero-order valence-corrected chi connectivity index (χ0v) is 31.4. The number of carbonyl (C=O) groups excluding carboxylic acids is 4. The van der Waals surface area contributed by atoms with Gasteiger partial charge < -0.3 is 30.0 Å². The largest absolute Gasteiger partial charge is 0.481 e. The van der Waals surface area contributed by atoms with Gasteiger partial charge in [-0.05, 0) is 81.7 Å². The lowest BCUT2D eigenvalue weighted by Gasteiger charge is -2.30. The molecule has 0 aliphatic carbocycles. The van der Waals surface area contributed by atoms with Gasteiger partial charge in [0.05, 0.1) is 26.2 Å². The van der Waals surface area contributed by atoms with E-state index in [9.17, 15) is 24.0 Å². The Morgan fingerprint density at radius 1 is 0.583 bits per heavy atom. The van der Waals surface area contributed by atoms with Crippen molar-refractivity contribution in [2.24, 2.45) is 0 Å². The van der Waals surface area contributed by atoms with Crippen LogP contribution in [0.5, 0.6) is 0 Å². The summed E-state index contributed by atoms with van der Waals surface area (Å²) >= 11 is 0. The van der Waals surface area contributed by atoms with Crippen LogP contribution in [0.15, 0.2) is 0 Å². The molecule has 3 N–H and O–H groups in total. The van der Waals surface area contributed by atoms with Crippen LogP contribution in [-0.2, 0) is 38.2 Å². The third kappa shape index (κ3) is 28.2. The van der Waals surface area contributed by atoms with Crippen molar-refractivity contribution in [2.75, 3.05) is 78.5 Å². The Hall–Kier alpha value is -2.81. The topological polar surface area (TPSA) is 167 Å². The van der Waals surface area contributed by atoms with E-state index in [1.54, 1.807) is 20.8 Å². The Labute approximate surface area is 288 Å². The van der Waals surface area contributed by atoms with Gasteiger partial charge in [-0.3, -0.25) is 38.7 Å². The first-order valence-corrected chi connectivity index (χ1v) is 17.1. The number of rotatable bonds is 24. The van der Waals surface area contributed by atoms with Gasteiger partial charge in [0.1, 0.15) is 16.8 Å². The van der Waals surface area contributed by atoms with E-state index in [-0.39, 0.29) is 56.4 Å². The standard InChI is InChI=1S/C34H65N5O9/c1-11-37(24-29(43)46-32(2,3)4)19-20-39(26-31(45)48-34(8,9)10)22-21-38(25-30(44)47-33(5,6)7)18-17-35-23-27(40)36-16-14-12-13-15-28(41)42/h35H,11-26H2,1-10H3,(H,36,40)(H,41,42). The average molecular weight is 688 g/mol. The summed E-state index contributed by atoms with van der Waals surface area (Å²) in [6.45, 7) is 22.4. The van der Waals surface area contributed by atoms with Crippen LogP contribution in [0.25, 0.3) is 0 Å². The highest BCUT2D eigenvalue weighted by Gasteiger charge is 2.24. The van der Waals surface area contributed by atoms with E-state index in [4.69, 9.17) is 19.3 Å². The van der Waals surface area contributed by atoms with Crippen molar-refractivity contribution in [1.82, 2.24) is 25.3 Å². The molecule has 0 rings (SSSR count). The Bertz CT molecular complexity index is 987. The smallest absolute Gasteiger partial charge is 0.320 e. The van der Waals surface area contributed by atoms with Gasteiger partial charge in [-0.2, -0.15) is 0 Å². The molecule has 0 aromatic carbocycles. The zero-order valence-electron chi connectivity index (χ0n) is 31.4. The SMILES string of the molecule is CCN(CCN(CCN(CCNCC(=O)NCCCCCC(=O)O)CC(=O)OC(C)(C)C)CC(=O)OC(C)(C)C)CC(=O)OC(C)(C)C. The van der Waals surface area contributed by atoms with Crippen LogP contribution in [0.4, 0.5) is 0 Å². The van der Waals surface area contributed by atoms with Crippen LogP contribution in [0.1, 0.15) is 94.9 Å². The summed E-state index contributed by atoms with van der Waals surface area (Å²) < 4.78 is 16.6. The van der Waals surface area contributed by atoms with Gasteiger partial charge in [-0.25, -0.2) is 0 Å². The van der Waals surface area contributed by atoms with Gasteiger partial charge in [0.2, 0.25) is 5.91 Å². The number of ether oxygens (including phenoxy) is 3. The Morgan fingerprint density at radius 2 is 1.00 bits per heavy atom. The highest BCUT2D eigenvalue weighted by molar-refractivity contribution is 5.78. The number of amides is 1. The van der Waals surface area contributed by atoms with Crippen LogP contribution < -0.4 is 10.6 Å². The molecule has 1 amide bonds. The number of esters is 3. The fourth-order valence-electron chi connectivity index (χ4n) is 4.43. The van der Waals surface area contributed by atoms with E-state index in [2.05, 4.69) is 10.6 Å². The number of likely N-dealkylation sites (N-methyl/N-ethyl adjacent to an activating group) is 1. The molecule has 14 heteroatoms. The monoisotopic (exact) mass is 687 g/mol. The van der Waals surface area contributed by atoms with Crippen molar-refractivity contribution in [1.29, 1.82) is 0 Å². The van der Waals surface area contributed by atoms with Crippen LogP contribution >= 0.6 is 0 Å². The number of nitrogens with one attached hydrogen (secondary N) is 2. The fourth-order valence-corrected chi connectivity index (χ4v) is 4.43. The third-order valence-corrected chi connectivity index (χ3v) is 6.51. The van der Waals surface area contributed by atoms with E-state index >= 15 is 0 Å². The van der Waals surface area contributed by atoms with Crippen LogP contribution in [0.3, 0.4) is 0 Å². The van der Waals surface area contributed by atoms with Crippen molar-refractivity contribution in [2.45, 2.75) is 112 Å². The molecule has 0 atom stereocenters. The summed E-state index contributed by atoms with van der Waals surface area (Å²) in [6, 6.07) is 0. The third-order valence-electron chi connectivity index (χ3n) is 6.51. The first-order chi connectivity index (χ1) is 22.1. The number of hydrogen-bond acceptors (Lipinski definition) is 12. The zero-order chi connectivity index (χ0) is 37.0. The van der Waals surface area contributed by atoms with E-state index in [0.717, 1.165) is 6.42 Å². The molecule has 14 nitrogen and oxygen atoms in total. The second kappa shape index (κ2) is 22.8. The molecule has 280 valence electrons. The van der Waals surface area contributed by atoms with E-state index < -0.39 is 22.8 Å². The Kier molecular flexibility index (Phi) is 21.4. The van der Waals surface area contributed by atoms with Crippen molar-refractivity contribution >= 4 is 29.8 Å². The van der Waals surface area contributed by atoms with Crippen LogP contribution in [0, 0.1) is 0 Å². The molecule has 0 bridgehead atoms. The minimum absolute atomic E-state index is 0.0293. The molecule has 0 saturated carbocycles. The maximum absolute atomic E-state index is 12.8. The molecule has 0 aromatic rings. The lowest BCUT2D eigenvalue weighted by Crippen LogP contribution is -2.46. The molecule has 0 aliphatic heterocycles. The lowest BCUT2D eigenvalue weighted by atomic mass is 10.2. The molecule has 0 saturated heterocycles. The summed E-state index contributed by atoms with van der Waals surface area (Å²) in [5.74, 6) is -2.05. The van der Waals surface area contributed by atoms with Crippen molar-refractivity contribution in [3.63, 3.8) is 0 Å². The first-order valence-electron chi connectivity index (χ1n) is 17.1. The predicted molar refractivity (Wildman–Crippen MR) is 185 cm³/mol.